The van der Waals surface area contributed by atoms with Gasteiger partial charge in [0.2, 0.25) is 0 Å². The van der Waals surface area contributed by atoms with Crippen LogP contribution in [0.15, 0.2) is 42.5 Å². The van der Waals surface area contributed by atoms with Gasteiger partial charge in [-0.3, -0.25) is 5.84 Å². The van der Waals surface area contributed by atoms with Crippen molar-refractivity contribution in [1.29, 1.82) is 0 Å². The first-order valence-electron chi connectivity index (χ1n) is 5.29. The zero-order valence-corrected chi connectivity index (χ0v) is 11.5. The molecule has 1 unspecified atom stereocenters. The number of hydrogen-bond donors (Lipinski definition) is 2. The fraction of sp³-hybridized carbons (Fsp3) is 0.0769. The van der Waals surface area contributed by atoms with Crippen LogP contribution in [0.25, 0.3) is 0 Å². The van der Waals surface area contributed by atoms with Crippen LogP contribution in [-0.4, -0.2) is 0 Å². The Morgan fingerprint density at radius 1 is 1.06 bits per heavy atom. The highest BCUT2D eigenvalue weighted by molar-refractivity contribution is 14.1. The van der Waals surface area contributed by atoms with E-state index in [2.05, 4.69) is 5.43 Å². The van der Waals surface area contributed by atoms with E-state index in [9.17, 15) is 8.78 Å². The predicted octanol–water partition coefficient (Wildman–Crippen LogP) is 3.12. The predicted molar refractivity (Wildman–Crippen MR) is 74.7 cm³/mol. The van der Waals surface area contributed by atoms with Crippen LogP contribution in [0.1, 0.15) is 17.2 Å². The molecular weight excluding hydrogens is 349 g/mol. The minimum absolute atomic E-state index is 0.326. The number of halogens is 3. The lowest BCUT2D eigenvalue weighted by molar-refractivity contribution is 0.557. The molecule has 0 saturated heterocycles. The molecule has 5 heteroatoms. The standard InChI is InChI=1S/C13H11F2IN2/c14-8-5-6-10(12(16)7-8)13(18-17)9-3-1-2-4-11(9)15/h1-7,13,18H,17H2. The molecule has 0 aliphatic carbocycles. The molecule has 0 aliphatic heterocycles. The zero-order chi connectivity index (χ0) is 13.1. The van der Waals surface area contributed by atoms with Gasteiger partial charge in [0.05, 0.1) is 6.04 Å². The highest BCUT2D eigenvalue weighted by Gasteiger charge is 2.18. The van der Waals surface area contributed by atoms with Crippen LogP contribution >= 0.6 is 22.6 Å². The molecule has 0 aliphatic rings. The lowest BCUT2D eigenvalue weighted by atomic mass is 9.99. The minimum Gasteiger partial charge on any atom is -0.271 e. The summed E-state index contributed by atoms with van der Waals surface area (Å²) in [6, 6.07) is 10.2. The van der Waals surface area contributed by atoms with E-state index in [0.717, 1.165) is 5.56 Å². The topological polar surface area (TPSA) is 38.0 Å². The largest absolute Gasteiger partial charge is 0.271 e. The van der Waals surface area contributed by atoms with Gasteiger partial charge in [-0.2, -0.15) is 0 Å². The fourth-order valence-electron chi connectivity index (χ4n) is 1.79. The van der Waals surface area contributed by atoms with Crippen LogP contribution < -0.4 is 11.3 Å². The van der Waals surface area contributed by atoms with Crippen molar-refractivity contribution in [3.63, 3.8) is 0 Å². The summed E-state index contributed by atoms with van der Waals surface area (Å²) in [6.07, 6.45) is 0. The highest BCUT2D eigenvalue weighted by Crippen LogP contribution is 2.27. The van der Waals surface area contributed by atoms with E-state index >= 15 is 0 Å². The molecule has 0 amide bonds. The van der Waals surface area contributed by atoms with Crippen LogP contribution in [0.5, 0.6) is 0 Å². The summed E-state index contributed by atoms with van der Waals surface area (Å²) < 4.78 is 27.5. The van der Waals surface area contributed by atoms with Crippen molar-refractivity contribution in [2.24, 2.45) is 5.84 Å². The van der Waals surface area contributed by atoms with E-state index in [-0.39, 0.29) is 11.6 Å². The Bertz CT molecular complexity index is 560. The summed E-state index contributed by atoms with van der Waals surface area (Å²) in [5.74, 6) is 4.83. The van der Waals surface area contributed by atoms with Crippen LogP contribution in [0.4, 0.5) is 8.78 Å². The van der Waals surface area contributed by atoms with Crippen molar-refractivity contribution in [2.75, 3.05) is 0 Å². The quantitative estimate of drug-likeness (QED) is 0.502. The summed E-state index contributed by atoms with van der Waals surface area (Å²) in [5.41, 5.74) is 3.74. The van der Waals surface area contributed by atoms with Crippen molar-refractivity contribution in [1.82, 2.24) is 5.43 Å². The van der Waals surface area contributed by atoms with Gasteiger partial charge in [-0.1, -0.05) is 24.3 Å². The van der Waals surface area contributed by atoms with Crippen LogP contribution in [0, 0.1) is 15.2 Å². The molecule has 0 saturated carbocycles. The Balaban J connectivity index is 2.49. The molecule has 2 aromatic rings. The smallest absolute Gasteiger partial charge is 0.128 e. The van der Waals surface area contributed by atoms with Gasteiger partial charge < -0.3 is 0 Å². The van der Waals surface area contributed by atoms with Crippen molar-refractivity contribution in [3.05, 3.63) is 68.8 Å². The maximum Gasteiger partial charge on any atom is 0.128 e. The molecule has 3 N–H and O–H groups in total. The first-order chi connectivity index (χ1) is 8.63. The van der Waals surface area contributed by atoms with Gasteiger partial charge in [-0.05, 0) is 46.4 Å². The van der Waals surface area contributed by atoms with Crippen LogP contribution in [-0.2, 0) is 0 Å². The molecule has 0 radical (unpaired) electrons. The van der Waals surface area contributed by atoms with Gasteiger partial charge >= 0.3 is 0 Å². The maximum absolute atomic E-state index is 13.8. The summed E-state index contributed by atoms with van der Waals surface area (Å²) >= 11 is 2.01. The van der Waals surface area contributed by atoms with E-state index in [1.807, 2.05) is 22.6 Å². The van der Waals surface area contributed by atoms with Gasteiger partial charge in [0.25, 0.3) is 0 Å². The average Bonchev–Trinajstić information content (AvgIpc) is 2.34. The van der Waals surface area contributed by atoms with Crippen molar-refractivity contribution >= 4 is 22.6 Å². The van der Waals surface area contributed by atoms with Crippen LogP contribution in [0.2, 0.25) is 0 Å². The molecule has 0 heterocycles. The summed E-state index contributed by atoms with van der Waals surface area (Å²) in [4.78, 5) is 0. The Morgan fingerprint density at radius 2 is 1.78 bits per heavy atom. The molecule has 2 rings (SSSR count). The van der Waals surface area contributed by atoms with E-state index in [4.69, 9.17) is 5.84 Å². The average molecular weight is 360 g/mol. The summed E-state index contributed by atoms with van der Waals surface area (Å²) in [6.45, 7) is 0. The molecule has 0 aromatic heterocycles. The SMILES string of the molecule is NNC(c1ccccc1F)c1ccc(F)cc1I. The lowest BCUT2D eigenvalue weighted by Crippen LogP contribution is -2.30. The van der Waals surface area contributed by atoms with Gasteiger partial charge in [0, 0.05) is 9.13 Å². The normalized spacial score (nSPS) is 12.4. The number of nitrogens with two attached hydrogens (primary N) is 1. The number of hydrazine groups is 1. The van der Waals surface area contributed by atoms with Crippen molar-refractivity contribution < 1.29 is 8.78 Å². The monoisotopic (exact) mass is 360 g/mol. The third-order valence-electron chi connectivity index (χ3n) is 2.66. The Hall–Kier alpha value is -1.05. The molecule has 0 bridgehead atoms. The summed E-state index contributed by atoms with van der Waals surface area (Å²) in [5, 5.41) is 0. The van der Waals surface area contributed by atoms with Crippen molar-refractivity contribution in [3.8, 4) is 0 Å². The van der Waals surface area contributed by atoms with Gasteiger partial charge in [0.15, 0.2) is 0 Å². The molecule has 2 nitrogen and oxygen atoms in total. The van der Waals surface area contributed by atoms with E-state index < -0.39 is 6.04 Å². The number of hydrogen-bond acceptors (Lipinski definition) is 2. The second-order valence-corrected chi connectivity index (χ2v) is 4.95. The first kappa shape index (κ1) is 13.4. The Kier molecular flexibility index (Phi) is 4.26. The molecule has 0 fully saturated rings. The van der Waals surface area contributed by atoms with Gasteiger partial charge in [-0.25, -0.2) is 14.2 Å². The van der Waals surface area contributed by atoms with Gasteiger partial charge in [0.1, 0.15) is 11.6 Å². The summed E-state index contributed by atoms with van der Waals surface area (Å²) in [7, 11) is 0. The first-order valence-corrected chi connectivity index (χ1v) is 6.37. The molecule has 0 spiro atoms. The van der Waals surface area contributed by atoms with Gasteiger partial charge in [-0.15, -0.1) is 0 Å². The third kappa shape index (κ3) is 2.68. The fourth-order valence-corrected chi connectivity index (χ4v) is 2.58. The molecule has 1 atom stereocenters. The highest BCUT2D eigenvalue weighted by atomic mass is 127. The van der Waals surface area contributed by atoms with E-state index in [1.165, 1.54) is 18.2 Å². The van der Waals surface area contributed by atoms with E-state index in [1.54, 1.807) is 24.3 Å². The second-order valence-electron chi connectivity index (χ2n) is 3.79. The molecule has 2 aromatic carbocycles. The van der Waals surface area contributed by atoms with Crippen molar-refractivity contribution in [2.45, 2.75) is 6.04 Å². The van der Waals surface area contributed by atoms with E-state index in [0.29, 0.717) is 9.13 Å². The molecule has 94 valence electrons. The third-order valence-corrected chi connectivity index (χ3v) is 3.59. The second kappa shape index (κ2) is 5.73. The zero-order valence-electron chi connectivity index (χ0n) is 9.33. The van der Waals surface area contributed by atoms with Crippen LogP contribution in [0.3, 0.4) is 0 Å². The number of benzene rings is 2. The maximum atomic E-state index is 13.8. The molecule has 18 heavy (non-hydrogen) atoms. The Morgan fingerprint density at radius 3 is 2.39 bits per heavy atom. The Labute approximate surface area is 117 Å². The number of nitrogens with one attached hydrogen (secondary N) is 1. The minimum atomic E-state index is -0.501. The molecular formula is C13H11F2IN2. The lowest BCUT2D eigenvalue weighted by Gasteiger charge is -2.19. The number of rotatable bonds is 3.